The second kappa shape index (κ2) is 4.85. The van der Waals surface area contributed by atoms with Gasteiger partial charge in [0.2, 0.25) is 0 Å². The number of Topliss-reactive ketones (excluding diaryl/α,β-unsaturated/α-hetero) is 2. The van der Waals surface area contributed by atoms with Crippen LogP contribution in [-0.4, -0.2) is 16.6 Å². The van der Waals surface area contributed by atoms with Crippen molar-refractivity contribution in [2.75, 3.05) is 0 Å². The van der Waals surface area contributed by atoms with Crippen molar-refractivity contribution in [1.82, 2.24) is 4.98 Å². The van der Waals surface area contributed by atoms with Crippen LogP contribution in [0.25, 0.3) is 10.9 Å². The zero-order valence-electron chi connectivity index (χ0n) is 12.7. The fourth-order valence-electron chi connectivity index (χ4n) is 3.48. The first-order chi connectivity index (χ1) is 11.2. The molecule has 0 N–H and O–H groups in total. The molecule has 0 amide bonds. The average Bonchev–Trinajstić information content (AvgIpc) is 2.83. The Morgan fingerprint density at radius 1 is 0.826 bits per heavy atom. The monoisotopic (exact) mass is 301 g/mol. The molecule has 0 unspecified atom stereocenters. The van der Waals surface area contributed by atoms with Crippen LogP contribution in [0.5, 0.6) is 0 Å². The van der Waals surface area contributed by atoms with Crippen LogP contribution in [-0.2, 0) is 5.41 Å². The fourth-order valence-corrected chi connectivity index (χ4v) is 3.48. The molecule has 0 atom stereocenters. The Bertz CT molecular complexity index is 924. The number of fused-ring (bicyclic) bond motifs is 2. The van der Waals surface area contributed by atoms with Crippen LogP contribution in [0.3, 0.4) is 0 Å². The van der Waals surface area contributed by atoms with Gasteiger partial charge >= 0.3 is 0 Å². The maximum absolute atomic E-state index is 13.0. The topological polar surface area (TPSA) is 47.0 Å². The maximum atomic E-state index is 13.0. The van der Waals surface area contributed by atoms with Gasteiger partial charge in [0.15, 0.2) is 11.6 Å². The van der Waals surface area contributed by atoms with Crippen molar-refractivity contribution in [3.63, 3.8) is 0 Å². The lowest BCUT2D eigenvalue weighted by Gasteiger charge is -2.23. The third-order valence-electron chi connectivity index (χ3n) is 4.76. The molecule has 3 nitrogen and oxygen atoms in total. The standard InChI is InChI=1S/C20H15NO2/c1-2-20(17-12-11-13-7-3-6-10-16(13)21-17)18(22)14-8-4-5-9-15(14)19(20)23/h3-12H,2H2,1H3. The van der Waals surface area contributed by atoms with Crippen LogP contribution in [0.4, 0.5) is 0 Å². The number of pyridine rings is 1. The SMILES string of the molecule is CCC1(c2ccc3ccccc3n2)C(=O)c2ccccc2C1=O. The number of hydrogen-bond donors (Lipinski definition) is 0. The van der Waals surface area contributed by atoms with E-state index < -0.39 is 5.41 Å². The van der Waals surface area contributed by atoms with Crippen LogP contribution >= 0.6 is 0 Å². The van der Waals surface area contributed by atoms with Crippen LogP contribution in [0.2, 0.25) is 0 Å². The van der Waals surface area contributed by atoms with Crippen molar-refractivity contribution in [3.8, 4) is 0 Å². The summed E-state index contributed by atoms with van der Waals surface area (Å²) in [5, 5.41) is 0.998. The van der Waals surface area contributed by atoms with Gasteiger partial charge < -0.3 is 0 Å². The molecule has 0 radical (unpaired) electrons. The second-order valence-electron chi connectivity index (χ2n) is 5.85. The predicted molar refractivity (Wildman–Crippen MR) is 88.8 cm³/mol. The minimum absolute atomic E-state index is 0.136. The third kappa shape index (κ3) is 1.73. The molecule has 112 valence electrons. The van der Waals surface area contributed by atoms with E-state index in [9.17, 15) is 9.59 Å². The van der Waals surface area contributed by atoms with Gasteiger partial charge in [-0.1, -0.05) is 55.5 Å². The Morgan fingerprint density at radius 2 is 1.43 bits per heavy atom. The Balaban J connectivity index is 1.97. The molecule has 0 aliphatic heterocycles. The van der Waals surface area contributed by atoms with E-state index in [-0.39, 0.29) is 11.6 Å². The molecular formula is C20H15NO2. The normalized spacial score (nSPS) is 15.9. The van der Waals surface area contributed by atoms with Gasteiger partial charge in [0, 0.05) is 16.5 Å². The largest absolute Gasteiger partial charge is 0.293 e. The molecule has 0 fully saturated rings. The van der Waals surface area contributed by atoms with E-state index in [1.165, 1.54) is 0 Å². The number of benzene rings is 2. The van der Waals surface area contributed by atoms with Crippen LogP contribution < -0.4 is 0 Å². The highest BCUT2D eigenvalue weighted by atomic mass is 16.2. The molecular weight excluding hydrogens is 286 g/mol. The summed E-state index contributed by atoms with van der Waals surface area (Å²) >= 11 is 0. The lowest BCUT2D eigenvalue weighted by atomic mass is 9.76. The van der Waals surface area contributed by atoms with Crippen LogP contribution in [0.1, 0.15) is 39.8 Å². The number of ketones is 2. The molecule has 4 rings (SSSR count). The second-order valence-corrected chi connectivity index (χ2v) is 5.85. The van der Waals surface area contributed by atoms with Gasteiger partial charge in [0.05, 0.1) is 11.2 Å². The third-order valence-corrected chi connectivity index (χ3v) is 4.76. The number of carbonyl (C=O) groups is 2. The molecule has 0 saturated carbocycles. The number of aromatic nitrogens is 1. The molecule has 23 heavy (non-hydrogen) atoms. The molecule has 1 heterocycles. The summed E-state index contributed by atoms with van der Waals surface area (Å²) in [4.78, 5) is 30.7. The summed E-state index contributed by atoms with van der Waals surface area (Å²) in [5.74, 6) is -0.272. The van der Waals surface area contributed by atoms with E-state index in [0.29, 0.717) is 23.2 Å². The summed E-state index contributed by atoms with van der Waals surface area (Å²) < 4.78 is 0. The Morgan fingerprint density at radius 3 is 2.09 bits per heavy atom. The lowest BCUT2D eigenvalue weighted by molar-refractivity contribution is 0.0785. The zero-order chi connectivity index (χ0) is 16.0. The minimum Gasteiger partial charge on any atom is -0.293 e. The minimum atomic E-state index is -1.19. The highest BCUT2D eigenvalue weighted by Gasteiger charge is 2.53. The molecule has 1 aliphatic rings. The first kappa shape index (κ1) is 13.8. The van der Waals surface area contributed by atoms with Crippen molar-refractivity contribution in [3.05, 3.63) is 77.5 Å². The first-order valence-electron chi connectivity index (χ1n) is 7.73. The number of nitrogens with zero attached hydrogens (tertiary/aromatic N) is 1. The van der Waals surface area contributed by atoms with E-state index in [0.717, 1.165) is 10.9 Å². The van der Waals surface area contributed by atoms with Gasteiger partial charge in [-0.05, 0) is 18.6 Å². The number of para-hydroxylation sites is 1. The van der Waals surface area contributed by atoms with Crippen molar-refractivity contribution in [2.45, 2.75) is 18.8 Å². The summed E-state index contributed by atoms with van der Waals surface area (Å²) in [6, 6.07) is 18.5. The quantitative estimate of drug-likeness (QED) is 0.673. The Kier molecular flexibility index (Phi) is 2.91. The molecule has 0 saturated heterocycles. The predicted octanol–water partition coefficient (Wildman–Crippen LogP) is 3.96. The van der Waals surface area contributed by atoms with Crippen molar-refractivity contribution < 1.29 is 9.59 Å². The highest BCUT2D eigenvalue weighted by Crippen LogP contribution is 2.41. The average molecular weight is 301 g/mol. The zero-order valence-corrected chi connectivity index (χ0v) is 12.7. The lowest BCUT2D eigenvalue weighted by Crippen LogP contribution is -2.38. The maximum Gasteiger partial charge on any atom is 0.183 e. The van der Waals surface area contributed by atoms with E-state index in [1.807, 2.05) is 43.3 Å². The molecule has 2 aromatic carbocycles. The van der Waals surface area contributed by atoms with E-state index in [4.69, 9.17) is 0 Å². The Hall–Kier alpha value is -2.81. The summed E-state index contributed by atoms with van der Waals surface area (Å²) in [7, 11) is 0. The van der Waals surface area contributed by atoms with Gasteiger partial charge in [-0.15, -0.1) is 0 Å². The molecule has 0 bridgehead atoms. The highest BCUT2D eigenvalue weighted by molar-refractivity contribution is 6.33. The molecule has 1 aromatic heterocycles. The number of hydrogen-bond acceptors (Lipinski definition) is 3. The van der Waals surface area contributed by atoms with Crippen LogP contribution in [0, 0.1) is 0 Å². The first-order valence-corrected chi connectivity index (χ1v) is 7.73. The number of rotatable bonds is 2. The molecule has 3 heteroatoms. The van der Waals surface area contributed by atoms with Gasteiger partial charge in [0.1, 0.15) is 5.41 Å². The van der Waals surface area contributed by atoms with Crippen molar-refractivity contribution in [1.29, 1.82) is 0 Å². The van der Waals surface area contributed by atoms with Gasteiger partial charge in [-0.3, -0.25) is 14.6 Å². The fraction of sp³-hybridized carbons (Fsp3) is 0.150. The van der Waals surface area contributed by atoms with Crippen molar-refractivity contribution in [2.24, 2.45) is 0 Å². The van der Waals surface area contributed by atoms with E-state index >= 15 is 0 Å². The summed E-state index contributed by atoms with van der Waals surface area (Å²) in [5.41, 5.74) is 1.18. The molecule has 3 aromatic rings. The Labute approximate surface area is 134 Å². The smallest absolute Gasteiger partial charge is 0.183 e. The summed E-state index contributed by atoms with van der Waals surface area (Å²) in [6.45, 7) is 1.87. The molecule has 1 aliphatic carbocycles. The van der Waals surface area contributed by atoms with Crippen LogP contribution in [0.15, 0.2) is 60.7 Å². The van der Waals surface area contributed by atoms with Gasteiger partial charge in [-0.2, -0.15) is 0 Å². The van der Waals surface area contributed by atoms with Gasteiger partial charge in [0.25, 0.3) is 0 Å². The van der Waals surface area contributed by atoms with E-state index in [1.54, 1.807) is 24.3 Å². The number of carbonyl (C=O) groups excluding carboxylic acids is 2. The van der Waals surface area contributed by atoms with Gasteiger partial charge in [-0.25, -0.2) is 0 Å². The van der Waals surface area contributed by atoms with Crippen molar-refractivity contribution >= 4 is 22.5 Å². The summed E-state index contributed by atoms with van der Waals surface area (Å²) in [6.07, 6.45) is 0.407. The van der Waals surface area contributed by atoms with E-state index in [2.05, 4.69) is 4.98 Å². The molecule has 0 spiro atoms.